The first-order valence-corrected chi connectivity index (χ1v) is 11.8. The predicted octanol–water partition coefficient (Wildman–Crippen LogP) is 3.74. The fraction of sp³-hybridized carbons (Fsp3) is 0.261. The number of nitrogens with zero attached hydrogens (tertiary/aromatic N) is 3. The Balaban J connectivity index is 1.39. The summed E-state index contributed by atoms with van der Waals surface area (Å²) in [5, 5.41) is 14.5. The number of hydrogen-bond donors (Lipinski definition) is 2. The van der Waals surface area contributed by atoms with Crippen molar-refractivity contribution >= 4 is 46.8 Å². The molecule has 1 aromatic heterocycles. The summed E-state index contributed by atoms with van der Waals surface area (Å²) < 4.78 is 1.77. The number of nitrogens with one attached hydrogen (secondary N) is 2. The van der Waals surface area contributed by atoms with Crippen LogP contribution in [-0.4, -0.2) is 38.2 Å². The Bertz CT molecular complexity index is 1200. The minimum Gasteiger partial charge on any atom is -0.325 e. The molecule has 0 aliphatic carbocycles. The third-order valence-electron chi connectivity index (χ3n) is 5.73. The first-order chi connectivity index (χ1) is 15.9. The van der Waals surface area contributed by atoms with Gasteiger partial charge >= 0.3 is 0 Å². The fourth-order valence-corrected chi connectivity index (χ4v) is 4.81. The van der Waals surface area contributed by atoms with E-state index < -0.39 is 5.41 Å². The molecule has 1 atom stereocenters. The number of anilines is 1. The van der Waals surface area contributed by atoms with E-state index in [1.165, 1.54) is 11.8 Å². The number of amides is 3. The number of halogens is 1. The van der Waals surface area contributed by atoms with Gasteiger partial charge in [-0.2, -0.15) is 0 Å². The van der Waals surface area contributed by atoms with Crippen molar-refractivity contribution in [3.63, 3.8) is 0 Å². The predicted molar refractivity (Wildman–Crippen MR) is 127 cm³/mol. The van der Waals surface area contributed by atoms with E-state index in [9.17, 15) is 14.4 Å². The third-order valence-corrected chi connectivity index (χ3v) is 6.90. The number of imide groups is 1. The van der Waals surface area contributed by atoms with Crippen molar-refractivity contribution in [2.45, 2.75) is 36.8 Å². The normalized spacial score (nSPS) is 18.1. The van der Waals surface area contributed by atoms with Gasteiger partial charge < -0.3 is 5.32 Å². The quantitative estimate of drug-likeness (QED) is 0.391. The van der Waals surface area contributed by atoms with Gasteiger partial charge in [0.15, 0.2) is 5.16 Å². The highest BCUT2D eigenvalue weighted by Crippen LogP contribution is 2.36. The molecule has 2 heterocycles. The Morgan fingerprint density at radius 1 is 1.24 bits per heavy atom. The van der Waals surface area contributed by atoms with E-state index in [2.05, 4.69) is 20.8 Å². The second-order valence-corrected chi connectivity index (χ2v) is 9.07. The zero-order valence-corrected chi connectivity index (χ0v) is 19.4. The molecule has 0 radical (unpaired) electrons. The lowest BCUT2D eigenvalue weighted by molar-refractivity contribution is -0.138. The number of benzene rings is 2. The van der Waals surface area contributed by atoms with Gasteiger partial charge in [-0.3, -0.25) is 24.3 Å². The number of aromatic nitrogens is 3. The van der Waals surface area contributed by atoms with E-state index in [1.54, 1.807) is 35.2 Å². The molecule has 2 aromatic carbocycles. The molecule has 1 saturated heterocycles. The maximum absolute atomic E-state index is 12.5. The van der Waals surface area contributed by atoms with Crippen LogP contribution in [0.25, 0.3) is 5.69 Å². The molecule has 0 bridgehead atoms. The minimum absolute atomic E-state index is 0.143. The van der Waals surface area contributed by atoms with Crippen LogP contribution in [0, 0.1) is 0 Å². The lowest BCUT2D eigenvalue weighted by Crippen LogP contribution is -2.51. The molecule has 4 rings (SSSR count). The number of carbonyl (C=O) groups excluding carboxylic acids is 3. The molecular formula is C23H22ClN5O3S. The summed E-state index contributed by atoms with van der Waals surface area (Å²) in [6.45, 7) is 1.93. The maximum atomic E-state index is 12.5. The topological polar surface area (TPSA) is 106 Å². The summed E-state index contributed by atoms with van der Waals surface area (Å²) in [4.78, 5) is 36.6. The number of piperidine rings is 1. The Hall–Kier alpha value is -3.17. The monoisotopic (exact) mass is 483 g/mol. The number of carbonyl (C=O) groups is 3. The third kappa shape index (κ3) is 4.94. The Kier molecular flexibility index (Phi) is 6.80. The van der Waals surface area contributed by atoms with Gasteiger partial charge in [-0.1, -0.05) is 48.5 Å². The molecule has 3 amide bonds. The van der Waals surface area contributed by atoms with E-state index in [1.807, 2.05) is 31.2 Å². The van der Waals surface area contributed by atoms with Crippen LogP contribution in [0.15, 0.2) is 60.0 Å². The molecule has 0 unspecified atom stereocenters. The summed E-state index contributed by atoms with van der Waals surface area (Å²) >= 11 is 7.32. The molecular weight excluding hydrogens is 462 g/mol. The van der Waals surface area contributed by atoms with Crippen LogP contribution in [-0.2, 0) is 19.8 Å². The van der Waals surface area contributed by atoms with Crippen molar-refractivity contribution in [2.24, 2.45) is 0 Å². The van der Waals surface area contributed by atoms with E-state index in [0.717, 1.165) is 11.3 Å². The lowest BCUT2D eigenvalue weighted by Gasteiger charge is -2.35. The van der Waals surface area contributed by atoms with Crippen LogP contribution >= 0.6 is 23.4 Å². The van der Waals surface area contributed by atoms with Crippen LogP contribution in [0.1, 0.15) is 31.7 Å². The second kappa shape index (κ2) is 9.76. The van der Waals surface area contributed by atoms with Gasteiger partial charge in [0.25, 0.3) is 0 Å². The molecule has 0 saturated carbocycles. The standard InChI is InChI=1S/C23H22ClN5O3S/c1-2-23(11-10-19(30)27-21(23)32)15-6-8-17(9-7-15)26-20(31)13-33-22-28-25-14-29(22)18-5-3-4-16(24)12-18/h3-9,12,14H,2,10-11,13H2,1H3,(H,26,31)(H,27,30,32)/t23-/m1/s1. The van der Waals surface area contributed by atoms with Crippen LogP contribution < -0.4 is 10.6 Å². The van der Waals surface area contributed by atoms with Crippen LogP contribution in [0.2, 0.25) is 5.02 Å². The Labute approximate surface area is 200 Å². The number of thioether (sulfide) groups is 1. The summed E-state index contributed by atoms with van der Waals surface area (Å²) in [5.41, 5.74) is 1.54. The van der Waals surface area contributed by atoms with Gasteiger partial charge in [-0.25, -0.2) is 0 Å². The maximum Gasteiger partial charge on any atom is 0.237 e. The van der Waals surface area contributed by atoms with Gasteiger partial charge in [0.2, 0.25) is 17.7 Å². The molecule has 1 aliphatic heterocycles. The first kappa shape index (κ1) is 23.0. The Morgan fingerprint density at radius 2 is 2.03 bits per heavy atom. The SMILES string of the molecule is CC[C@]1(c2ccc(NC(=O)CSc3nncn3-c3cccc(Cl)c3)cc2)CCC(=O)NC1=O. The molecule has 2 N–H and O–H groups in total. The largest absolute Gasteiger partial charge is 0.325 e. The van der Waals surface area contributed by atoms with Crippen molar-refractivity contribution in [2.75, 3.05) is 11.1 Å². The summed E-state index contributed by atoms with van der Waals surface area (Å²) in [6.07, 6.45) is 2.95. The molecule has 33 heavy (non-hydrogen) atoms. The highest BCUT2D eigenvalue weighted by molar-refractivity contribution is 7.99. The van der Waals surface area contributed by atoms with E-state index >= 15 is 0 Å². The number of rotatable bonds is 7. The average Bonchev–Trinajstić information content (AvgIpc) is 3.28. The van der Waals surface area contributed by atoms with E-state index in [0.29, 0.717) is 35.1 Å². The van der Waals surface area contributed by atoms with Crippen LogP contribution in [0.5, 0.6) is 0 Å². The first-order valence-electron chi connectivity index (χ1n) is 10.4. The minimum atomic E-state index is -0.725. The fourth-order valence-electron chi connectivity index (χ4n) is 3.89. The molecule has 10 heteroatoms. The molecule has 170 valence electrons. The summed E-state index contributed by atoms with van der Waals surface area (Å²) in [7, 11) is 0. The highest BCUT2D eigenvalue weighted by Gasteiger charge is 2.42. The van der Waals surface area contributed by atoms with Crippen molar-refractivity contribution in [1.82, 2.24) is 20.1 Å². The summed E-state index contributed by atoms with van der Waals surface area (Å²) in [6, 6.07) is 14.5. The Morgan fingerprint density at radius 3 is 2.73 bits per heavy atom. The molecule has 0 spiro atoms. The molecule has 3 aromatic rings. The van der Waals surface area contributed by atoms with Crippen LogP contribution in [0.4, 0.5) is 5.69 Å². The molecule has 1 aliphatic rings. The summed E-state index contributed by atoms with van der Waals surface area (Å²) in [5.74, 6) is -0.556. The zero-order chi connectivity index (χ0) is 23.4. The molecule has 1 fully saturated rings. The van der Waals surface area contributed by atoms with Gasteiger partial charge in [-0.05, 0) is 48.7 Å². The van der Waals surface area contributed by atoms with Crippen molar-refractivity contribution in [3.05, 3.63) is 65.4 Å². The lowest BCUT2D eigenvalue weighted by atomic mass is 9.72. The van der Waals surface area contributed by atoms with Gasteiger partial charge in [0, 0.05) is 17.1 Å². The zero-order valence-electron chi connectivity index (χ0n) is 17.9. The van der Waals surface area contributed by atoms with Crippen LogP contribution in [0.3, 0.4) is 0 Å². The highest BCUT2D eigenvalue weighted by atomic mass is 35.5. The number of hydrogen-bond acceptors (Lipinski definition) is 6. The van der Waals surface area contributed by atoms with Gasteiger partial charge in [0.05, 0.1) is 16.9 Å². The van der Waals surface area contributed by atoms with Crippen molar-refractivity contribution in [1.29, 1.82) is 0 Å². The van der Waals surface area contributed by atoms with E-state index in [4.69, 9.17) is 11.6 Å². The smallest absolute Gasteiger partial charge is 0.237 e. The van der Waals surface area contributed by atoms with Crippen molar-refractivity contribution in [3.8, 4) is 5.69 Å². The average molecular weight is 484 g/mol. The molecule has 8 nitrogen and oxygen atoms in total. The van der Waals surface area contributed by atoms with Gasteiger partial charge in [0.1, 0.15) is 6.33 Å². The van der Waals surface area contributed by atoms with E-state index in [-0.39, 0.29) is 23.5 Å². The second-order valence-electron chi connectivity index (χ2n) is 7.69. The van der Waals surface area contributed by atoms with Gasteiger partial charge in [-0.15, -0.1) is 10.2 Å². The van der Waals surface area contributed by atoms with Crippen molar-refractivity contribution < 1.29 is 14.4 Å².